The molecule has 0 aromatic rings. The van der Waals surface area contributed by atoms with Crippen molar-refractivity contribution < 1.29 is 38.2 Å². The van der Waals surface area contributed by atoms with Gasteiger partial charge in [-0.15, -0.1) is 0 Å². The largest absolute Gasteiger partial charge is 0.477 e. The fourth-order valence-electron chi connectivity index (χ4n) is 7.65. The second-order valence-corrected chi connectivity index (χ2v) is 18.8. The number of esters is 2. The summed E-state index contributed by atoms with van der Waals surface area (Å²) in [6.07, 6.45) is 58.5. The van der Waals surface area contributed by atoms with Crippen molar-refractivity contribution in [1.82, 2.24) is 0 Å². The Bertz CT molecular complexity index is 1230. The lowest BCUT2D eigenvalue weighted by atomic mass is 10.0. The lowest BCUT2D eigenvalue weighted by Crippen LogP contribution is -2.50. The van der Waals surface area contributed by atoms with Gasteiger partial charge in [-0.2, -0.15) is 0 Å². The highest BCUT2D eigenvalue weighted by Crippen LogP contribution is 2.16. The number of hydrogen-bond donors (Lipinski definition) is 1. The van der Waals surface area contributed by atoms with Crippen molar-refractivity contribution in [3.05, 3.63) is 60.8 Å². The monoisotopic (exact) mass is 899 g/mol. The first-order valence-corrected chi connectivity index (χ1v) is 26.3. The topological polar surface area (TPSA) is 99.1 Å². The summed E-state index contributed by atoms with van der Waals surface area (Å²) < 4.78 is 17.3. The van der Waals surface area contributed by atoms with Crippen LogP contribution in [0.2, 0.25) is 0 Å². The SMILES string of the molecule is CC/C=C/C/C=C/C/C=C/C/C=C/C/C=C/CCCCCC(=O)OC(COCCC(C(=O)O)[N+](C)(C)C)COC(=O)CCCCCCCCCCCCCCCCCCCCCCC. The van der Waals surface area contributed by atoms with Crippen LogP contribution in [0.4, 0.5) is 0 Å². The first-order chi connectivity index (χ1) is 31.1. The highest BCUT2D eigenvalue weighted by molar-refractivity contribution is 5.72. The van der Waals surface area contributed by atoms with Crippen molar-refractivity contribution in [2.45, 2.75) is 238 Å². The highest BCUT2D eigenvalue weighted by Gasteiger charge is 2.31. The number of hydrogen-bond acceptors (Lipinski definition) is 6. The molecule has 0 rings (SSSR count). The molecule has 64 heavy (non-hydrogen) atoms. The van der Waals surface area contributed by atoms with Gasteiger partial charge in [0.15, 0.2) is 12.1 Å². The minimum absolute atomic E-state index is 0.0476. The van der Waals surface area contributed by atoms with E-state index in [1.54, 1.807) is 0 Å². The van der Waals surface area contributed by atoms with Gasteiger partial charge in [0.2, 0.25) is 0 Å². The number of carboxylic acids is 1. The van der Waals surface area contributed by atoms with Crippen LogP contribution >= 0.6 is 0 Å². The molecular formula is C56H100NO7+. The molecule has 0 saturated heterocycles. The van der Waals surface area contributed by atoms with E-state index in [9.17, 15) is 19.5 Å². The van der Waals surface area contributed by atoms with Gasteiger partial charge in [-0.25, -0.2) is 4.79 Å². The van der Waals surface area contributed by atoms with Crippen molar-refractivity contribution in [3.8, 4) is 0 Å². The van der Waals surface area contributed by atoms with Crippen molar-refractivity contribution in [2.75, 3.05) is 41.0 Å². The Hall–Kier alpha value is -2.97. The smallest absolute Gasteiger partial charge is 0.362 e. The minimum Gasteiger partial charge on any atom is -0.477 e. The normalized spacial score (nSPS) is 13.3. The molecule has 0 heterocycles. The molecule has 0 aliphatic carbocycles. The summed E-state index contributed by atoms with van der Waals surface area (Å²) in [7, 11) is 5.52. The maximum absolute atomic E-state index is 12.8. The van der Waals surface area contributed by atoms with Gasteiger partial charge in [0, 0.05) is 19.3 Å². The van der Waals surface area contributed by atoms with Crippen LogP contribution in [0.15, 0.2) is 60.8 Å². The lowest BCUT2D eigenvalue weighted by Gasteiger charge is -2.31. The predicted molar refractivity (Wildman–Crippen MR) is 271 cm³/mol. The Labute approximate surface area is 394 Å². The van der Waals surface area contributed by atoms with Gasteiger partial charge in [-0.05, 0) is 57.8 Å². The zero-order valence-corrected chi connectivity index (χ0v) is 42.2. The summed E-state index contributed by atoms with van der Waals surface area (Å²) in [5, 5.41) is 9.66. The Morgan fingerprint density at radius 2 is 0.875 bits per heavy atom. The number of quaternary nitrogens is 1. The van der Waals surface area contributed by atoms with Crippen LogP contribution < -0.4 is 0 Å². The van der Waals surface area contributed by atoms with Gasteiger partial charge in [-0.1, -0.05) is 209 Å². The standard InChI is InChI=1S/C56H99NO7/c1-6-8-10-12-14-16-18-20-22-24-26-27-29-30-32-34-36-38-40-42-44-46-54(58)63-51-52(50-62-49-48-53(56(60)61)57(3,4)5)64-55(59)47-45-43-41-39-37-35-33-31-28-25-23-21-19-17-15-13-11-9-7-2/h9,11,15,17,21,23,28,31,35,37,52-53H,6-8,10,12-14,16,18-20,22,24-27,29-30,32-34,36,38-51H2,1-5H3/p+1/b11-9+,17-15+,23-21+,31-28+,37-35+. The highest BCUT2D eigenvalue weighted by atomic mass is 16.6. The average Bonchev–Trinajstić information content (AvgIpc) is 3.26. The van der Waals surface area contributed by atoms with Crippen molar-refractivity contribution in [2.24, 2.45) is 0 Å². The summed E-state index contributed by atoms with van der Waals surface area (Å²) in [5.41, 5.74) is 0. The number of ether oxygens (including phenoxy) is 3. The number of rotatable bonds is 47. The van der Waals surface area contributed by atoms with Crippen molar-refractivity contribution in [3.63, 3.8) is 0 Å². The summed E-state index contributed by atoms with van der Waals surface area (Å²) in [4.78, 5) is 37.2. The molecule has 0 radical (unpaired) electrons. The molecule has 1 N–H and O–H groups in total. The van der Waals surface area contributed by atoms with E-state index in [1.165, 1.54) is 116 Å². The Kier molecular flexibility index (Phi) is 44.4. The molecule has 0 amide bonds. The average molecular weight is 899 g/mol. The number of carboxylic acid groups (broad SMARTS) is 1. The number of aliphatic carboxylic acids is 1. The Balaban J connectivity index is 4.27. The van der Waals surface area contributed by atoms with Crippen LogP contribution in [0.5, 0.6) is 0 Å². The molecule has 0 aliphatic heterocycles. The third-order valence-corrected chi connectivity index (χ3v) is 11.7. The van der Waals surface area contributed by atoms with E-state index >= 15 is 0 Å². The molecule has 0 aliphatic rings. The van der Waals surface area contributed by atoms with E-state index in [4.69, 9.17) is 14.2 Å². The number of carbonyl (C=O) groups excluding carboxylic acids is 2. The summed E-state index contributed by atoms with van der Waals surface area (Å²) in [5.74, 6) is -1.50. The molecule has 0 bridgehead atoms. The van der Waals surface area contributed by atoms with Gasteiger partial charge in [-0.3, -0.25) is 9.59 Å². The molecule has 370 valence electrons. The molecule has 2 unspecified atom stereocenters. The number of allylic oxidation sites excluding steroid dienone is 10. The van der Waals surface area contributed by atoms with Gasteiger partial charge < -0.3 is 23.8 Å². The summed E-state index contributed by atoms with van der Waals surface area (Å²) in [6.45, 7) is 4.61. The zero-order valence-electron chi connectivity index (χ0n) is 42.2. The molecule has 0 fully saturated rings. The fourth-order valence-corrected chi connectivity index (χ4v) is 7.65. The summed E-state index contributed by atoms with van der Waals surface area (Å²) >= 11 is 0. The maximum Gasteiger partial charge on any atom is 0.362 e. The molecule has 8 nitrogen and oxygen atoms in total. The lowest BCUT2D eigenvalue weighted by molar-refractivity contribution is -0.887. The zero-order chi connectivity index (χ0) is 47.0. The number of likely N-dealkylation sites (N-methyl/N-ethyl adjacent to an activating group) is 1. The van der Waals surface area contributed by atoms with Crippen LogP contribution in [0, 0.1) is 0 Å². The molecule has 0 aromatic heterocycles. The van der Waals surface area contributed by atoms with E-state index in [0.717, 1.165) is 77.0 Å². The van der Waals surface area contributed by atoms with Crippen molar-refractivity contribution in [1.29, 1.82) is 0 Å². The van der Waals surface area contributed by atoms with Gasteiger partial charge in [0.25, 0.3) is 0 Å². The van der Waals surface area contributed by atoms with E-state index in [2.05, 4.69) is 74.6 Å². The van der Waals surface area contributed by atoms with Crippen LogP contribution in [-0.4, -0.2) is 80.6 Å². The molecule has 2 atom stereocenters. The van der Waals surface area contributed by atoms with Crippen LogP contribution in [0.3, 0.4) is 0 Å². The van der Waals surface area contributed by atoms with Crippen LogP contribution in [0.25, 0.3) is 0 Å². The first kappa shape index (κ1) is 61.0. The number of carbonyl (C=O) groups is 3. The van der Waals surface area contributed by atoms with Crippen LogP contribution in [0.1, 0.15) is 226 Å². The molecule has 0 spiro atoms. The van der Waals surface area contributed by atoms with E-state index in [0.29, 0.717) is 12.8 Å². The fraction of sp³-hybridized carbons (Fsp3) is 0.768. The second-order valence-electron chi connectivity index (χ2n) is 18.8. The third kappa shape index (κ3) is 44.2. The van der Waals surface area contributed by atoms with E-state index in [-0.39, 0.29) is 42.7 Å². The number of unbranched alkanes of at least 4 members (excludes halogenated alkanes) is 23. The quantitative estimate of drug-likeness (QED) is 0.0281. The molecule has 0 saturated carbocycles. The van der Waals surface area contributed by atoms with E-state index in [1.807, 2.05) is 21.1 Å². The predicted octanol–water partition coefficient (Wildman–Crippen LogP) is 15.3. The molecule has 8 heteroatoms. The van der Waals surface area contributed by atoms with Gasteiger partial charge >= 0.3 is 17.9 Å². The number of nitrogens with zero attached hydrogens (tertiary/aromatic N) is 1. The second kappa shape index (κ2) is 46.6. The minimum atomic E-state index is -0.880. The maximum atomic E-state index is 12.8. The molecule has 0 aromatic carbocycles. The van der Waals surface area contributed by atoms with Crippen molar-refractivity contribution >= 4 is 17.9 Å². The third-order valence-electron chi connectivity index (χ3n) is 11.7. The first-order valence-electron chi connectivity index (χ1n) is 26.3. The summed E-state index contributed by atoms with van der Waals surface area (Å²) in [6, 6.07) is -0.623. The molecular weight excluding hydrogens is 799 g/mol. The Morgan fingerprint density at radius 3 is 1.30 bits per heavy atom. The Morgan fingerprint density at radius 1 is 0.484 bits per heavy atom. The van der Waals surface area contributed by atoms with Crippen LogP contribution in [-0.2, 0) is 28.6 Å². The van der Waals surface area contributed by atoms with E-state index < -0.39 is 18.1 Å². The van der Waals surface area contributed by atoms with Gasteiger partial charge in [0.05, 0.1) is 34.4 Å². The van der Waals surface area contributed by atoms with Gasteiger partial charge in [0.1, 0.15) is 6.61 Å².